The molecule has 0 amide bonds. The van der Waals surface area contributed by atoms with E-state index in [4.69, 9.17) is 5.73 Å². The van der Waals surface area contributed by atoms with Crippen molar-refractivity contribution in [3.8, 4) is 0 Å². The Kier molecular flexibility index (Phi) is 39.2. The Morgan fingerprint density at radius 1 is 0.846 bits per heavy atom. The van der Waals surface area contributed by atoms with Gasteiger partial charge in [-0.3, -0.25) is 18.8 Å². The molecule has 0 aromatic heterocycles. The van der Waals surface area contributed by atoms with Gasteiger partial charge in [0, 0.05) is 15.0 Å². The van der Waals surface area contributed by atoms with E-state index >= 15 is 0 Å². The van der Waals surface area contributed by atoms with E-state index in [9.17, 15) is 0 Å². The highest BCUT2D eigenvalue weighted by Gasteiger charge is 1.80. The van der Waals surface area contributed by atoms with E-state index in [0.29, 0.717) is 6.54 Å². The van der Waals surface area contributed by atoms with Gasteiger partial charge in [0.1, 0.15) is 0 Å². The summed E-state index contributed by atoms with van der Waals surface area (Å²) in [5.41, 5.74) is 6.54. The van der Waals surface area contributed by atoms with Crippen molar-refractivity contribution in [2.45, 2.75) is 6.54 Å². The molecule has 0 atom stereocenters. The van der Waals surface area contributed by atoms with Crippen LogP contribution >= 0.6 is 0 Å². The maximum Gasteiger partial charge on any atom is 0.0178 e. The molecule has 3 radical (unpaired) electrons. The molecule has 6 heteroatoms. The number of hydrogen-bond donors (Lipinski definition) is 1. The molecule has 0 aliphatic carbocycles. The zero-order chi connectivity index (χ0) is 5.82. The van der Waals surface area contributed by atoms with Crippen molar-refractivity contribution in [1.29, 1.82) is 0 Å². The Bertz CT molecular complexity index is 162. The van der Waals surface area contributed by atoms with E-state index in [0.717, 1.165) is 0 Å². The van der Waals surface area contributed by atoms with Gasteiger partial charge < -0.3 is 5.73 Å². The molecule has 0 spiro atoms. The third-order valence-electron chi connectivity index (χ3n) is 1.08. The van der Waals surface area contributed by atoms with Crippen LogP contribution in [0.3, 0.4) is 0 Å². The summed E-state index contributed by atoms with van der Waals surface area (Å²) in [4.78, 5) is 0. The van der Waals surface area contributed by atoms with Crippen LogP contribution < -0.4 is 5.73 Å². The fourth-order valence-electron chi connectivity index (χ4n) is 0.614. The second-order valence-corrected chi connectivity index (χ2v) is 1.69. The third kappa shape index (κ3) is 11.0. The molecule has 0 saturated heterocycles. The summed E-state index contributed by atoms with van der Waals surface area (Å²) in [6, 6.07) is 9.99. The summed E-state index contributed by atoms with van der Waals surface area (Å²) in [5, 5.41) is 0. The van der Waals surface area contributed by atoms with Gasteiger partial charge in [-0.05, 0) is 5.56 Å². The lowest BCUT2D eigenvalue weighted by Crippen LogP contribution is -1.94. The van der Waals surface area contributed by atoms with Gasteiger partial charge >= 0.3 is 0 Å². The maximum absolute atomic E-state index is 5.35. The topological polar surface area (TPSA) is 26.0 Å². The first kappa shape index (κ1) is 29.7. The monoisotopic (exact) mass is 198 g/mol. The van der Waals surface area contributed by atoms with Gasteiger partial charge in [-0.2, -0.15) is 0 Å². The molecule has 0 bridgehead atoms. The van der Waals surface area contributed by atoms with Crippen molar-refractivity contribution in [1.82, 2.24) is 0 Å². The summed E-state index contributed by atoms with van der Waals surface area (Å²) in [5.74, 6) is 0. The van der Waals surface area contributed by atoms with Crippen LogP contribution in [0.25, 0.3) is 0 Å². The number of nitrogens with two attached hydrogens (primary N) is 1. The van der Waals surface area contributed by atoms with Crippen LogP contribution in [0.4, 0.5) is 18.8 Å². The number of hydrogen-bond acceptors (Lipinski definition) is 1. The SMILES string of the molecule is F.F.F.F.NCc1ccccc1.[B]. The zero-order valence-corrected chi connectivity index (χ0v) is 6.88. The molecule has 0 unspecified atom stereocenters. The van der Waals surface area contributed by atoms with Gasteiger partial charge in [0.2, 0.25) is 0 Å². The van der Waals surface area contributed by atoms with Crippen molar-refractivity contribution in [3.05, 3.63) is 35.9 Å². The molecule has 0 aliphatic rings. The first-order valence-corrected chi connectivity index (χ1v) is 2.67. The van der Waals surface area contributed by atoms with Crippen LogP contribution in [-0.2, 0) is 6.54 Å². The molecule has 1 aromatic carbocycles. The van der Waals surface area contributed by atoms with Crippen LogP contribution in [0.15, 0.2) is 30.3 Å². The van der Waals surface area contributed by atoms with Crippen LogP contribution in [0.5, 0.6) is 0 Å². The zero-order valence-electron chi connectivity index (χ0n) is 6.88. The second kappa shape index (κ2) is 17.2. The molecule has 1 aromatic rings. The van der Waals surface area contributed by atoms with Crippen LogP contribution in [0, 0.1) is 0 Å². The smallest absolute Gasteiger partial charge is 0.0178 e. The maximum atomic E-state index is 5.35. The minimum Gasteiger partial charge on any atom is -0.326 e. The Morgan fingerprint density at radius 2 is 1.23 bits per heavy atom. The fraction of sp³-hybridized carbons (Fsp3) is 0.143. The van der Waals surface area contributed by atoms with Gasteiger partial charge in [0.25, 0.3) is 0 Å². The van der Waals surface area contributed by atoms with Crippen molar-refractivity contribution in [3.63, 3.8) is 0 Å². The molecule has 1 rings (SSSR count). The largest absolute Gasteiger partial charge is 0.326 e. The van der Waals surface area contributed by atoms with Crippen molar-refractivity contribution in [2.75, 3.05) is 0 Å². The molecule has 0 heterocycles. The highest BCUT2D eigenvalue weighted by atomic mass is 19.0. The minimum absolute atomic E-state index is 0. The van der Waals surface area contributed by atoms with Crippen molar-refractivity contribution < 1.29 is 18.8 Å². The van der Waals surface area contributed by atoms with E-state index in [1.165, 1.54) is 5.56 Å². The normalized spacial score (nSPS) is 5.62. The number of rotatable bonds is 1. The Balaban J connectivity index is -0.0000000427. The molecule has 1 nitrogen and oxygen atoms in total. The lowest BCUT2D eigenvalue weighted by molar-refractivity contribution is 1.07. The lowest BCUT2D eigenvalue weighted by Gasteiger charge is -1.90. The van der Waals surface area contributed by atoms with E-state index in [2.05, 4.69) is 0 Å². The van der Waals surface area contributed by atoms with E-state index < -0.39 is 0 Å². The molecule has 0 fully saturated rings. The first-order chi connectivity index (χ1) is 3.93. The van der Waals surface area contributed by atoms with E-state index in [-0.39, 0.29) is 27.2 Å². The molecule has 13 heavy (non-hydrogen) atoms. The highest BCUT2D eigenvalue weighted by molar-refractivity contribution is 5.75. The second-order valence-electron chi connectivity index (χ2n) is 1.69. The lowest BCUT2D eigenvalue weighted by atomic mass is 10.2. The molecule has 77 valence electrons. The summed E-state index contributed by atoms with van der Waals surface area (Å²) >= 11 is 0. The summed E-state index contributed by atoms with van der Waals surface area (Å²) in [7, 11) is 0. The van der Waals surface area contributed by atoms with E-state index in [1.807, 2.05) is 30.3 Å². The number of halogens is 4. The minimum atomic E-state index is 0. The molecule has 0 aliphatic heterocycles. The van der Waals surface area contributed by atoms with Gasteiger partial charge in [-0.15, -0.1) is 0 Å². The molecule has 0 saturated carbocycles. The van der Waals surface area contributed by atoms with Crippen molar-refractivity contribution in [2.24, 2.45) is 5.73 Å². The van der Waals surface area contributed by atoms with Gasteiger partial charge in [0.15, 0.2) is 0 Å². The summed E-state index contributed by atoms with van der Waals surface area (Å²) in [6.07, 6.45) is 0. The molecule has 2 N–H and O–H groups in total. The van der Waals surface area contributed by atoms with Crippen LogP contribution in [0.2, 0.25) is 0 Å². The molecular formula is C7H13BF4N. The van der Waals surface area contributed by atoms with Crippen LogP contribution in [-0.4, -0.2) is 8.41 Å². The molecular weight excluding hydrogens is 185 g/mol. The van der Waals surface area contributed by atoms with Gasteiger partial charge in [0.05, 0.1) is 0 Å². The Labute approximate surface area is 76.4 Å². The van der Waals surface area contributed by atoms with E-state index in [1.54, 1.807) is 0 Å². The fourth-order valence-corrected chi connectivity index (χ4v) is 0.614. The predicted molar refractivity (Wildman–Crippen MR) is 50.1 cm³/mol. The number of benzene rings is 1. The van der Waals surface area contributed by atoms with Crippen molar-refractivity contribution >= 4 is 8.41 Å². The van der Waals surface area contributed by atoms with Gasteiger partial charge in [-0.25, -0.2) is 0 Å². The average molecular weight is 198 g/mol. The summed E-state index contributed by atoms with van der Waals surface area (Å²) < 4.78 is 0. The van der Waals surface area contributed by atoms with Gasteiger partial charge in [-0.1, -0.05) is 30.3 Å². The van der Waals surface area contributed by atoms with Crippen LogP contribution in [0.1, 0.15) is 5.56 Å². The quantitative estimate of drug-likeness (QED) is 0.535. The summed E-state index contributed by atoms with van der Waals surface area (Å²) in [6.45, 7) is 0.640. The first-order valence-electron chi connectivity index (χ1n) is 2.67. The standard InChI is InChI=1S/C7H9N.B.4FH/c8-6-7-4-2-1-3-5-7;;;;;/h1-5H,6,8H2;;4*1H. The Morgan fingerprint density at radius 3 is 1.46 bits per heavy atom. The Hall–Kier alpha value is -1.04. The highest BCUT2D eigenvalue weighted by Crippen LogP contribution is 1.94. The third-order valence-corrected chi connectivity index (χ3v) is 1.08. The average Bonchev–Trinajstić information content (AvgIpc) is 1.90. The predicted octanol–water partition coefficient (Wildman–Crippen LogP) is 1.37.